The highest BCUT2D eigenvalue weighted by Crippen LogP contribution is 2.29. The van der Waals surface area contributed by atoms with Crippen molar-refractivity contribution in [3.05, 3.63) is 52.9 Å². The van der Waals surface area contributed by atoms with Crippen molar-refractivity contribution in [1.29, 1.82) is 0 Å². The molecule has 0 spiro atoms. The Morgan fingerprint density at radius 3 is 2.77 bits per heavy atom. The van der Waals surface area contributed by atoms with Crippen LogP contribution >= 0.6 is 11.6 Å². The number of carbonyl (C=O) groups excluding carboxylic acids is 3. The van der Waals surface area contributed by atoms with Gasteiger partial charge in [-0.3, -0.25) is 9.59 Å². The second-order valence-electron chi connectivity index (χ2n) is 6.82. The molecule has 3 amide bonds. The molecule has 9 nitrogen and oxygen atoms in total. The number of pyridine rings is 1. The average Bonchev–Trinajstić information content (AvgIpc) is 3.00. The Bertz CT molecular complexity index is 983. The zero-order chi connectivity index (χ0) is 22.6. The van der Waals surface area contributed by atoms with Gasteiger partial charge in [0, 0.05) is 31.0 Å². The highest BCUT2D eigenvalue weighted by atomic mass is 35.5. The number of benzene rings is 1. The summed E-state index contributed by atoms with van der Waals surface area (Å²) < 4.78 is 18.3. The predicted octanol–water partition coefficient (Wildman–Crippen LogP) is 2.57. The molecule has 0 unspecified atom stereocenters. The van der Waals surface area contributed by atoms with Crippen LogP contribution in [0.1, 0.15) is 25.3 Å². The first-order valence-corrected chi connectivity index (χ1v) is 9.80. The lowest BCUT2D eigenvalue weighted by Gasteiger charge is -2.22. The summed E-state index contributed by atoms with van der Waals surface area (Å²) in [6, 6.07) is 6.84. The van der Waals surface area contributed by atoms with Gasteiger partial charge in [0.25, 0.3) is 11.7 Å². The number of aromatic nitrogens is 1. The molecule has 31 heavy (non-hydrogen) atoms. The number of carbonyl (C=O) groups is 3. The molecule has 1 fully saturated rings. The molecule has 3 rings (SSSR count). The van der Waals surface area contributed by atoms with Crippen molar-refractivity contribution in [3.63, 3.8) is 0 Å². The maximum absolute atomic E-state index is 13.4. The van der Waals surface area contributed by atoms with E-state index < -0.39 is 23.6 Å². The third kappa shape index (κ3) is 5.47. The maximum Gasteiger partial charge on any atom is 0.410 e. The van der Waals surface area contributed by atoms with Crippen LogP contribution in [0.5, 0.6) is 0 Å². The molecule has 0 radical (unpaired) electrons. The first kappa shape index (κ1) is 22.4. The first-order chi connectivity index (χ1) is 14.7. The monoisotopic (exact) mass is 450 g/mol. The standard InChI is InChI=1S/C20H20ClFN4O5/c1-2-17(27)25-16-4-3-15(11-23-16)26-6-5-20(30,18(26)28)31-19(29)24-10-12-7-13(21)9-14(22)8-12/h3-4,7-9,11,30H,2,5-6,10H2,1H3,(H,24,29)(H,23,25,27)/t20-/m0/s1. The number of rotatable bonds is 6. The molecule has 164 valence electrons. The Morgan fingerprint density at radius 1 is 1.35 bits per heavy atom. The van der Waals surface area contributed by atoms with E-state index >= 15 is 0 Å². The zero-order valence-electron chi connectivity index (χ0n) is 16.5. The summed E-state index contributed by atoms with van der Waals surface area (Å²) in [5, 5.41) is 15.6. The summed E-state index contributed by atoms with van der Waals surface area (Å²) in [4.78, 5) is 41.4. The highest BCUT2D eigenvalue weighted by Gasteiger charge is 2.49. The molecule has 0 aliphatic carbocycles. The minimum Gasteiger partial charge on any atom is -0.407 e. The van der Waals surface area contributed by atoms with E-state index in [1.807, 2.05) is 0 Å². The Hall–Kier alpha value is -3.24. The number of halogens is 2. The molecule has 0 saturated carbocycles. The van der Waals surface area contributed by atoms with Crippen LogP contribution in [0.3, 0.4) is 0 Å². The van der Waals surface area contributed by atoms with Crippen molar-refractivity contribution in [1.82, 2.24) is 10.3 Å². The molecule has 1 atom stereocenters. The van der Waals surface area contributed by atoms with E-state index in [2.05, 4.69) is 15.6 Å². The third-order valence-corrected chi connectivity index (χ3v) is 4.74. The lowest BCUT2D eigenvalue weighted by Crippen LogP contribution is -2.46. The Kier molecular flexibility index (Phi) is 6.71. The van der Waals surface area contributed by atoms with Crippen LogP contribution < -0.4 is 15.5 Å². The van der Waals surface area contributed by atoms with Crippen LogP contribution in [0, 0.1) is 5.82 Å². The topological polar surface area (TPSA) is 121 Å². The van der Waals surface area contributed by atoms with E-state index in [9.17, 15) is 23.9 Å². The van der Waals surface area contributed by atoms with Crippen molar-refractivity contribution in [3.8, 4) is 0 Å². The molecule has 3 N–H and O–H groups in total. The van der Waals surface area contributed by atoms with Crippen LogP contribution in [0.25, 0.3) is 0 Å². The van der Waals surface area contributed by atoms with Crippen LogP contribution in [0.4, 0.5) is 20.7 Å². The van der Waals surface area contributed by atoms with Gasteiger partial charge in [-0.05, 0) is 35.9 Å². The first-order valence-electron chi connectivity index (χ1n) is 9.42. The molecule has 2 aromatic rings. The number of hydrogen-bond donors (Lipinski definition) is 3. The number of aliphatic hydroxyl groups is 1. The maximum atomic E-state index is 13.4. The summed E-state index contributed by atoms with van der Waals surface area (Å²) in [7, 11) is 0. The molecule has 1 aromatic carbocycles. The van der Waals surface area contributed by atoms with Gasteiger partial charge in [0.05, 0.1) is 11.9 Å². The Labute approximate surface area is 182 Å². The van der Waals surface area contributed by atoms with E-state index in [0.717, 1.165) is 6.07 Å². The lowest BCUT2D eigenvalue weighted by atomic mass is 10.2. The van der Waals surface area contributed by atoms with E-state index in [1.54, 1.807) is 13.0 Å². The van der Waals surface area contributed by atoms with Gasteiger partial charge in [-0.2, -0.15) is 0 Å². The largest absolute Gasteiger partial charge is 0.410 e. The van der Waals surface area contributed by atoms with Crippen LogP contribution in [-0.4, -0.2) is 40.3 Å². The minimum atomic E-state index is -2.35. The number of alkyl carbamates (subject to hydrolysis) is 1. The van der Waals surface area contributed by atoms with Crippen molar-refractivity contribution in [2.75, 3.05) is 16.8 Å². The second kappa shape index (κ2) is 9.27. The molecule has 11 heteroatoms. The summed E-state index contributed by atoms with van der Waals surface area (Å²) >= 11 is 5.76. The number of anilines is 2. The minimum absolute atomic E-state index is 0.0878. The number of nitrogens with one attached hydrogen (secondary N) is 2. The summed E-state index contributed by atoms with van der Waals surface area (Å²) in [5.41, 5.74) is 0.753. The van der Waals surface area contributed by atoms with Crippen molar-refractivity contribution in [2.24, 2.45) is 0 Å². The lowest BCUT2D eigenvalue weighted by molar-refractivity contribution is -0.175. The number of amides is 3. The molecule has 2 heterocycles. The molecular formula is C20H20ClFN4O5. The van der Waals surface area contributed by atoms with E-state index in [1.165, 1.54) is 29.3 Å². The van der Waals surface area contributed by atoms with Gasteiger partial charge in [-0.25, -0.2) is 14.2 Å². The van der Waals surface area contributed by atoms with Gasteiger partial charge in [-0.1, -0.05) is 18.5 Å². The fourth-order valence-electron chi connectivity index (χ4n) is 2.95. The number of hydrogen-bond acceptors (Lipinski definition) is 6. The Morgan fingerprint density at radius 2 is 2.13 bits per heavy atom. The number of ether oxygens (including phenoxy) is 1. The van der Waals surface area contributed by atoms with Crippen LogP contribution in [0.15, 0.2) is 36.5 Å². The predicted molar refractivity (Wildman–Crippen MR) is 110 cm³/mol. The van der Waals surface area contributed by atoms with Crippen molar-refractivity contribution < 1.29 is 28.6 Å². The van der Waals surface area contributed by atoms with Gasteiger partial charge in [-0.15, -0.1) is 0 Å². The van der Waals surface area contributed by atoms with E-state index in [4.69, 9.17) is 16.3 Å². The SMILES string of the molecule is CCC(=O)Nc1ccc(N2CC[C@](O)(OC(=O)NCc3cc(F)cc(Cl)c3)C2=O)cn1. The third-order valence-electron chi connectivity index (χ3n) is 4.52. The summed E-state index contributed by atoms with van der Waals surface area (Å²) in [5.74, 6) is -3.62. The van der Waals surface area contributed by atoms with Gasteiger partial charge < -0.3 is 25.4 Å². The summed E-state index contributed by atoms with van der Waals surface area (Å²) in [6.07, 6.45) is 0.461. The van der Waals surface area contributed by atoms with Crippen molar-refractivity contribution >= 4 is 41.0 Å². The summed E-state index contributed by atoms with van der Waals surface area (Å²) in [6.45, 7) is 1.68. The van der Waals surface area contributed by atoms with E-state index in [0.29, 0.717) is 23.5 Å². The smallest absolute Gasteiger partial charge is 0.407 e. The quantitative estimate of drug-likeness (QED) is 0.582. The van der Waals surface area contributed by atoms with Gasteiger partial charge in [0.1, 0.15) is 11.6 Å². The molecule has 1 aliphatic heterocycles. The van der Waals surface area contributed by atoms with Crippen LogP contribution in [0.2, 0.25) is 5.02 Å². The number of nitrogens with zero attached hydrogens (tertiary/aromatic N) is 2. The molecule has 1 saturated heterocycles. The molecule has 1 aromatic heterocycles. The fourth-order valence-corrected chi connectivity index (χ4v) is 3.20. The fraction of sp³-hybridized carbons (Fsp3) is 0.300. The second-order valence-corrected chi connectivity index (χ2v) is 7.25. The normalized spacial score (nSPS) is 18.1. The zero-order valence-corrected chi connectivity index (χ0v) is 17.3. The van der Waals surface area contributed by atoms with Crippen LogP contribution in [-0.2, 0) is 20.9 Å². The van der Waals surface area contributed by atoms with Gasteiger partial charge in [0.2, 0.25) is 5.91 Å². The van der Waals surface area contributed by atoms with Gasteiger partial charge >= 0.3 is 6.09 Å². The highest BCUT2D eigenvalue weighted by molar-refractivity contribution is 6.30. The van der Waals surface area contributed by atoms with Crippen molar-refractivity contribution in [2.45, 2.75) is 32.1 Å². The Balaban J connectivity index is 1.59. The molecular weight excluding hydrogens is 431 g/mol. The van der Waals surface area contributed by atoms with Gasteiger partial charge in [0.15, 0.2) is 0 Å². The molecule has 0 bridgehead atoms. The van der Waals surface area contributed by atoms with E-state index in [-0.39, 0.29) is 30.4 Å². The molecule has 1 aliphatic rings. The average molecular weight is 451 g/mol.